The van der Waals surface area contributed by atoms with Crippen molar-refractivity contribution in [2.24, 2.45) is 0 Å². The van der Waals surface area contributed by atoms with Gasteiger partial charge in [0.25, 0.3) is 0 Å². The molecule has 0 aliphatic heterocycles. The fourth-order valence-corrected chi connectivity index (χ4v) is 0.461. The molecule has 0 aromatic heterocycles. The number of esters is 1. The number of alkyl halides is 1. The number of ether oxygens (including phenoxy) is 1. The molecule has 0 saturated heterocycles. The summed E-state index contributed by atoms with van der Waals surface area (Å²) in [7, 11) is 0. The van der Waals surface area contributed by atoms with E-state index in [9.17, 15) is 4.79 Å². The summed E-state index contributed by atoms with van der Waals surface area (Å²) in [4.78, 5) is 9.82. The molecular weight excluding hydrogens is 198 g/mol. The summed E-state index contributed by atoms with van der Waals surface area (Å²) in [5.41, 5.74) is 0. The van der Waals surface area contributed by atoms with Gasteiger partial charge < -0.3 is 4.74 Å². The van der Waals surface area contributed by atoms with Crippen LogP contribution in [0.2, 0.25) is 0 Å². The van der Waals surface area contributed by atoms with E-state index in [2.05, 4.69) is 20.7 Å². The normalized spacial score (nSPS) is 11.7. The van der Waals surface area contributed by atoms with Crippen molar-refractivity contribution in [2.75, 3.05) is 6.61 Å². The second-order valence-corrected chi connectivity index (χ2v) is 2.57. The zero-order valence-electron chi connectivity index (χ0n) is 5.63. The number of hydrogen-bond acceptors (Lipinski definition) is 3. The molecule has 10 heavy (non-hydrogen) atoms. The highest BCUT2D eigenvalue weighted by molar-refractivity contribution is 9.10. The predicted octanol–water partition coefficient (Wildman–Crippen LogP) is 1.23. The Morgan fingerprint density at radius 1 is 1.90 bits per heavy atom. The maximum absolute atomic E-state index is 10.6. The molecule has 0 saturated carbocycles. The first-order chi connectivity index (χ1) is 4.72. The lowest BCUT2D eigenvalue weighted by molar-refractivity contribution is -0.141. The first-order valence-electron chi connectivity index (χ1n) is 2.92. The Balaban J connectivity index is 3.54. The van der Waals surface area contributed by atoms with Gasteiger partial charge in [0, 0.05) is 0 Å². The highest BCUT2D eigenvalue weighted by atomic mass is 79.9. The molecule has 3 nitrogen and oxygen atoms in total. The van der Waals surface area contributed by atoms with Crippen LogP contribution in [0.1, 0.15) is 13.3 Å². The molecule has 0 fully saturated rings. The fraction of sp³-hybridized carbons (Fsp3) is 0.667. The number of carbonyl (C=O) groups is 1. The third-order valence-corrected chi connectivity index (χ3v) is 1.35. The molecule has 0 aromatic carbocycles. The van der Waals surface area contributed by atoms with Crippen molar-refractivity contribution in [3.05, 3.63) is 0 Å². The van der Waals surface area contributed by atoms with Gasteiger partial charge in [-0.2, -0.15) is 5.26 Å². The molecule has 0 aliphatic rings. The average molecular weight is 206 g/mol. The molecule has 0 aromatic rings. The lowest BCUT2D eigenvalue weighted by Gasteiger charge is -2.00. The number of hydrogen-bond donors (Lipinski definition) is 0. The summed E-state index contributed by atoms with van der Waals surface area (Å²) in [5.74, 6) is -0.510. The largest absolute Gasteiger partial charge is 0.464 e. The Hall–Kier alpha value is -0.560. The van der Waals surface area contributed by atoms with Crippen molar-refractivity contribution >= 4 is 21.9 Å². The van der Waals surface area contributed by atoms with E-state index in [1.54, 1.807) is 6.07 Å². The lowest BCUT2D eigenvalue weighted by Crippen LogP contribution is -2.15. The molecule has 0 bridgehead atoms. The van der Waals surface area contributed by atoms with E-state index in [0.717, 1.165) is 6.42 Å². The SMILES string of the molecule is CCCOC(=O)C(Br)C#N. The summed E-state index contributed by atoms with van der Waals surface area (Å²) < 4.78 is 4.64. The van der Waals surface area contributed by atoms with E-state index >= 15 is 0 Å². The second-order valence-electron chi connectivity index (χ2n) is 1.66. The van der Waals surface area contributed by atoms with E-state index in [-0.39, 0.29) is 0 Å². The predicted molar refractivity (Wildman–Crippen MR) is 39.6 cm³/mol. The van der Waals surface area contributed by atoms with Crippen LogP contribution in [-0.2, 0) is 9.53 Å². The zero-order valence-corrected chi connectivity index (χ0v) is 7.22. The molecule has 0 heterocycles. The minimum Gasteiger partial charge on any atom is -0.464 e. The maximum atomic E-state index is 10.6. The molecule has 0 rings (SSSR count). The van der Waals surface area contributed by atoms with Gasteiger partial charge in [-0.3, -0.25) is 0 Å². The Morgan fingerprint density at radius 3 is 2.90 bits per heavy atom. The third kappa shape index (κ3) is 3.46. The van der Waals surface area contributed by atoms with Crippen LogP contribution in [0, 0.1) is 11.3 Å². The van der Waals surface area contributed by atoms with Crippen LogP contribution in [0.15, 0.2) is 0 Å². The van der Waals surface area contributed by atoms with E-state index in [1.807, 2.05) is 6.92 Å². The third-order valence-electron chi connectivity index (χ3n) is 0.769. The van der Waals surface area contributed by atoms with Crippen LogP contribution < -0.4 is 0 Å². The van der Waals surface area contributed by atoms with Gasteiger partial charge in [0.15, 0.2) is 4.83 Å². The van der Waals surface area contributed by atoms with Crippen LogP contribution in [0.3, 0.4) is 0 Å². The summed E-state index contributed by atoms with van der Waals surface area (Å²) >= 11 is 2.84. The number of rotatable bonds is 3. The van der Waals surface area contributed by atoms with Gasteiger partial charge >= 0.3 is 5.97 Å². The first kappa shape index (κ1) is 9.44. The monoisotopic (exact) mass is 205 g/mol. The minimum atomic E-state index is -0.820. The summed E-state index contributed by atoms with van der Waals surface area (Å²) in [5, 5.41) is 8.21. The minimum absolute atomic E-state index is 0.378. The van der Waals surface area contributed by atoms with Gasteiger partial charge in [-0.05, 0) is 6.42 Å². The molecule has 0 N–H and O–H groups in total. The van der Waals surface area contributed by atoms with Gasteiger partial charge in [0.2, 0.25) is 0 Å². The Kier molecular flexibility index (Phi) is 4.95. The summed E-state index contributed by atoms with van der Waals surface area (Å²) in [6.07, 6.45) is 0.775. The smallest absolute Gasteiger partial charge is 0.334 e. The highest BCUT2D eigenvalue weighted by Gasteiger charge is 2.13. The number of halogens is 1. The van der Waals surface area contributed by atoms with Crippen LogP contribution in [0.4, 0.5) is 0 Å². The van der Waals surface area contributed by atoms with Crippen LogP contribution >= 0.6 is 15.9 Å². The molecule has 1 unspecified atom stereocenters. The quantitative estimate of drug-likeness (QED) is 0.515. The van der Waals surface area contributed by atoms with Crippen LogP contribution in [0.5, 0.6) is 0 Å². The van der Waals surface area contributed by atoms with E-state index < -0.39 is 10.8 Å². The molecule has 1 atom stereocenters. The molecule has 56 valence electrons. The molecule has 0 amide bonds. The summed E-state index contributed by atoms with van der Waals surface area (Å²) in [6, 6.07) is 1.72. The first-order valence-corrected chi connectivity index (χ1v) is 3.84. The number of carbonyl (C=O) groups excluding carboxylic acids is 1. The highest BCUT2D eigenvalue weighted by Crippen LogP contribution is 1.99. The Bertz CT molecular complexity index is 152. The lowest BCUT2D eigenvalue weighted by atomic mass is 10.5. The van der Waals surface area contributed by atoms with Crippen molar-refractivity contribution in [3.8, 4) is 6.07 Å². The molecule has 0 radical (unpaired) electrons. The number of nitriles is 1. The van der Waals surface area contributed by atoms with Gasteiger partial charge in [0.1, 0.15) is 0 Å². The fourth-order valence-electron chi connectivity index (χ4n) is 0.329. The Morgan fingerprint density at radius 2 is 2.50 bits per heavy atom. The summed E-state index contributed by atoms with van der Waals surface area (Å²) in [6.45, 7) is 2.27. The van der Waals surface area contributed by atoms with Crippen molar-refractivity contribution in [1.82, 2.24) is 0 Å². The van der Waals surface area contributed by atoms with E-state index in [0.29, 0.717) is 6.61 Å². The molecule has 4 heteroatoms. The second kappa shape index (κ2) is 5.24. The van der Waals surface area contributed by atoms with Gasteiger partial charge in [-0.25, -0.2) is 4.79 Å². The van der Waals surface area contributed by atoms with Crippen LogP contribution in [0.25, 0.3) is 0 Å². The maximum Gasteiger partial charge on any atom is 0.334 e. The molecule has 0 spiro atoms. The molecular formula is C6H8BrNO2. The van der Waals surface area contributed by atoms with Crippen molar-refractivity contribution in [1.29, 1.82) is 5.26 Å². The van der Waals surface area contributed by atoms with E-state index in [1.165, 1.54) is 0 Å². The molecule has 0 aliphatic carbocycles. The van der Waals surface area contributed by atoms with Crippen molar-refractivity contribution in [3.63, 3.8) is 0 Å². The number of nitrogens with zero attached hydrogens (tertiary/aromatic N) is 1. The average Bonchev–Trinajstić information content (AvgIpc) is 1.98. The van der Waals surface area contributed by atoms with Crippen molar-refractivity contribution in [2.45, 2.75) is 18.2 Å². The van der Waals surface area contributed by atoms with Gasteiger partial charge in [-0.1, -0.05) is 22.9 Å². The van der Waals surface area contributed by atoms with Crippen LogP contribution in [-0.4, -0.2) is 17.4 Å². The Labute approximate surface area is 68.1 Å². The van der Waals surface area contributed by atoms with Gasteiger partial charge in [-0.15, -0.1) is 0 Å². The zero-order chi connectivity index (χ0) is 7.98. The van der Waals surface area contributed by atoms with Crippen molar-refractivity contribution < 1.29 is 9.53 Å². The van der Waals surface area contributed by atoms with E-state index in [4.69, 9.17) is 5.26 Å². The topological polar surface area (TPSA) is 50.1 Å². The van der Waals surface area contributed by atoms with Gasteiger partial charge in [0.05, 0.1) is 12.7 Å². The standard InChI is InChI=1S/C6H8BrNO2/c1-2-3-10-6(9)5(7)4-8/h5H,2-3H2,1H3.